The maximum atomic E-state index is 13.3. The van der Waals surface area contributed by atoms with Gasteiger partial charge in [-0.25, -0.2) is 0 Å². The summed E-state index contributed by atoms with van der Waals surface area (Å²) in [5, 5.41) is 0.830. The van der Waals surface area contributed by atoms with Crippen LogP contribution in [0.2, 0.25) is 0 Å². The summed E-state index contributed by atoms with van der Waals surface area (Å²) in [6, 6.07) is 17.5. The second kappa shape index (κ2) is 7.91. The minimum atomic E-state index is -0.114. The summed E-state index contributed by atoms with van der Waals surface area (Å²) in [6.45, 7) is 7.09. The Bertz CT molecular complexity index is 1250. The second-order valence-electron chi connectivity index (χ2n) is 9.08. The number of carbonyl (C=O) groups is 2. The SMILES string of the molecule is Cn1cc(-c2ccc(CC(C)(C)C)cc2)cc1C(=O)n1ccc2cc(OC=O)ccc21. The smallest absolute Gasteiger partial charge is 0.298 e. The normalized spacial score (nSPS) is 11.6. The van der Waals surface area contributed by atoms with Gasteiger partial charge in [0, 0.05) is 30.4 Å². The number of rotatable bonds is 5. The summed E-state index contributed by atoms with van der Waals surface area (Å²) in [6.07, 6.45) is 4.74. The predicted octanol–water partition coefficient (Wildman–Crippen LogP) is 5.46. The Morgan fingerprint density at radius 3 is 2.42 bits per heavy atom. The zero-order valence-corrected chi connectivity index (χ0v) is 18.3. The summed E-state index contributed by atoms with van der Waals surface area (Å²) in [7, 11) is 1.88. The third-order valence-electron chi connectivity index (χ3n) is 5.31. The Hall–Kier alpha value is -3.60. The molecule has 0 unspecified atom stereocenters. The monoisotopic (exact) mass is 414 g/mol. The van der Waals surface area contributed by atoms with E-state index in [2.05, 4.69) is 45.0 Å². The van der Waals surface area contributed by atoms with Gasteiger partial charge in [0.2, 0.25) is 0 Å². The molecule has 0 spiro atoms. The fourth-order valence-corrected chi connectivity index (χ4v) is 3.91. The molecule has 5 heteroatoms. The van der Waals surface area contributed by atoms with E-state index in [0.29, 0.717) is 17.9 Å². The second-order valence-corrected chi connectivity index (χ2v) is 9.08. The Balaban J connectivity index is 1.62. The standard InChI is InChI=1S/C26H26N2O3/c1-26(2,3)15-18-5-7-19(8-6-18)21-14-24(27(4)16-21)25(30)28-12-11-20-13-22(31-17-29)9-10-23(20)28/h5-14,16-17H,15H2,1-4H3. The highest BCUT2D eigenvalue weighted by molar-refractivity contribution is 6.02. The lowest BCUT2D eigenvalue weighted by Crippen LogP contribution is -2.14. The van der Waals surface area contributed by atoms with Gasteiger partial charge >= 0.3 is 0 Å². The first kappa shape index (κ1) is 20.7. The molecule has 0 atom stereocenters. The number of hydrogen-bond donors (Lipinski definition) is 0. The Morgan fingerprint density at radius 1 is 1.00 bits per heavy atom. The molecule has 0 aliphatic carbocycles. The average molecular weight is 415 g/mol. The third kappa shape index (κ3) is 4.31. The minimum absolute atomic E-state index is 0.114. The van der Waals surface area contributed by atoms with Crippen LogP contribution in [0.5, 0.6) is 5.75 Å². The fraction of sp³-hybridized carbons (Fsp3) is 0.231. The van der Waals surface area contributed by atoms with Crippen LogP contribution >= 0.6 is 0 Å². The Labute approximate surface area is 181 Å². The number of carbonyl (C=O) groups excluding carboxylic acids is 2. The minimum Gasteiger partial charge on any atom is -0.429 e. The molecule has 2 aromatic heterocycles. The molecular weight excluding hydrogens is 388 g/mol. The van der Waals surface area contributed by atoms with Gasteiger partial charge in [0.15, 0.2) is 0 Å². The van der Waals surface area contributed by atoms with Crippen molar-refractivity contribution in [3.05, 3.63) is 78.2 Å². The van der Waals surface area contributed by atoms with Crippen molar-refractivity contribution in [2.45, 2.75) is 27.2 Å². The third-order valence-corrected chi connectivity index (χ3v) is 5.31. The zero-order valence-electron chi connectivity index (χ0n) is 18.3. The molecule has 0 bridgehead atoms. The fourth-order valence-electron chi connectivity index (χ4n) is 3.91. The highest BCUT2D eigenvalue weighted by Gasteiger charge is 2.17. The molecule has 0 aliphatic heterocycles. The van der Waals surface area contributed by atoms with E-state index in [1.165, 1.54) is 5.56 Å². The molecule has 4 rings (SSSR count). The van der Waals surface area contributed by atoms with Gasteiger partial charge in [0.25, 0.3) is 12.4 Å². The van der Waals surface area contributed by atoms with Crippen LogP contribution in [0.4, 0.5) is 0 Å². The first-order valence-electron chi connectivity index (χ1n) is 10.3. The van der Waals surface area contributed by atoms with Crippen molar-refractivity contribution in [3.8, 4) is 16.9 Å². The van der Waals surface area contributed by atoms with E-state index in [4.69, 9.17) is 4.74 Å². The van der Waals surface area contributed by atoms with Crippen molar-refractivity contribution in [3.63, 3.8) is 0 Å². The molecule has 0 radical (unpaired) electrons. The van der Waals surface area contributed by atoms with E-state index in [9.17, 15) is 9.59 Å². The maximum Gasteiger partial charge on any atom is 0.298 e. The van der Waals surface area contributed by atoms with Gasteiger partial charge in [0.05, 0.1) is 5.52 Å². The van der Waals surface area contributed by atoms with Crippen LogP contribution in [0, 0.1) is 5.41 Å². The number of nitrogens with zero attached hydrogens (tertiary/aromatic N) is 2. The molecule has 0 amide bonds. The molecule has 0 N–H and O–H groups in total. The molecule has 0 aliphatic rings. The average Bonchev–Trinajstić information content (AvgIpc) is 3.30. The van der Waals surface area contributed by atoms with Gasteiger partial charge in [-0.3, -0.25) is 14.2 Å². The number of fused-ring (bicyclic) bond motifs is 1. The highest BCUT2D eigenvalue weighted by Crippen LogP contribution is 2.27. The van der Waals surface area contributed by atoms with Gasteiger partial charge in [-0.15, -0.1) is 0 Å². The molecule has 158 valence electrons. The van der Waals surface area contributed by atoms with Crippen molar-refractivity contribution in [2.75, 3.05) is 0 Å². The summed E-state index contributed by atoms with van der Waals surface area (Å²) >= 11 is 0. The lowest BCUT2D eigenvalue weighted by molar-refractivity contribution is -0.120. The van der Waals surface area contributed by atoms with Crippen LogP contribution in [0.25, 0.3) is 22.0 Å². The quantitative estimate of drug-likeness (QED) is 0.408. The highest BCUT2D eigenvalue weighted by atomic mass is 16.5. The number of aryl methyl sites for hydroxylation is 1. The lowest BCUT2D eigenvalue weighted by atomic mass is 9.88. The first-order chi connectivity index (χ1) is 14.7. The lowest BCUT2D eigenvalue weighted by Gasteiger charge is -2.18. The van der Waals surface area contributed by atoms with E-state index in [0.717, 1.165) is 28.5 Å². The number of ether oxygens (including phenoxy) is 1. The number of benzene rings is 2. The van der Waals surface area contributed by atoms with Gasteiger partial charge in [0.1, 0.15) is 11.4 Å². The predicted molar refractivity (Wildman–Crippen MR) is 122 cm³/mol. The van der Waals surface area contributed by atoms with E-state index in [1.807, 2.05) is 29.9 Å². The molecule has 31 heavy (non-hydrogen) atoms. The van der Waals surface area contributed by atoms with E-state index < -0.39 is 0 Å². The van der Waals surface area contributed by atoms with Crippen LogP contribution in [0.1, 0.15) is 36.8 Å². The Kier molecular flexibility index (Phi) is 5.27. The molecular formula is C26H26N2O3. The summed E-state index contributed by atoms with van der Waals surface area (Å²) in [5.74, 6) is 0.334. The van der Waals surface area contributed by atoms with Gasteiger partial charge in [-0.05, 0) is 53.3 Å². The van der Waals surface area contributed by atoms with Crippen LogP contribution in [-0.2, 0) is 18.3 Å². The van der Waals surface area contributed by atoms with E-state index in [1.54, 1.807) is 29.0 Å². The van der Waals surface area contributed by atoms with Gasteiger partial charge in [-0.2, -0.15) is 0 Å². The molecule has 0 saturated heterocycles. The largest absolute Gasteiger partial charge is 0.429 e. The van der Waals surface area contributed by atoms with Crippen molar-refractivity contribution in [1.82, 2.24) is 9.13 Å². The van der Waals surface area contributed by atoms with Crippen LogP contribution in [-0.4, -0.2) is 21.5 Å². The van der Waals surface area contributed by atoms with Crippen molar-refractivity contribution in [2.24, 2.45) is 12.5 Å². The van der Waals surface area contributed by atoms with Crippen LogP contribution < -0.4 is 4.74 Å². The summed E-state index contributed by atoms with van der Waals surface area (Å²) < 4.78 is 8.37. The van der Waals surface area contributed by atoms with Crippen molar-refractivity contribution >= 4 is 23.3 Å². The first-order valence-corrected chi connectivity index (χ1v) is 10.3. The number of hydrogen-bond acceptors (Lipinski definition) is 3. The van der Waals surface area contributed by atoms with Crippen LogP contribution in [0.3, 0.4) is 0 Å². The van der Waals surface area contributed by atoms with E-state index in [-0.39, 0.29) is 11.3 Å². The molecule has 4 aromatic rings. The molecule has 2 aromatic carbocycles. The summed E-state index contributed by atoms with van der Waals surface area (Å²) in [5.41, 5.74) is 5.00. The number of aromatic nitrogens is 2. The van der Waals surface area contributed by atoms with Crippen LogP contribution in [0.15, 0.2) is 67.0 Å². The molecule has 2 heterocycles. The van der Waals surface area contributed by atoms with Crippen molar-refractivity contribution in [1.29, 1.82) is 0 Å². The molecule has 5 nitrogen and oxygen atoms in total. The Morgan fingerprint density at radius 2 is 1.74 bits per heavy atom. The van der Waals surface area contributed by atoms with Gasteiger partial charge < -0.3 is 9.30 Å². The molecule has 0 fully saturated rings. The summed E-state index contributed by atoms with van der Waals surface area (Å²) in [4.78, 5) is 23.8. The maximum absolute atomic E-state index is 13.3. The van der Waals surface area contributed by atoms with Crippen molar-refractivity contribution < 1.29 is 14.3 Å². The molecule has 0 saturated carbocycles. The topological polar surface area (TPSA) is 53.2 Å². The zero-order chi connectivity index (χ0) is 22.2. The van der Waals surface area contributed by atoms with E-state index >= 15 is 0 Å². The van der Waals surface area contributed by atoms with Gasteiger partial charge in [-0.1, -0.05) is 45.0 Å².